The monoisotopic (exact) mass is 306 g/mol. The van der Waals surface area contributed by atoms with Crippen LogP contribution < -0.4 is 0 Å². The van der Waals surface area contributed by atoms with E-state index >= 15 is 0 Å². The van der Waals surface area contributed by atoms with Crippen LogP contribution >= 0.6 is 0 Å². The van der Waals surface area contributed by atoms with E-state index in [1.54, 1.807) is 0 Å². The van der Waals surface area contributed by atoms with Crippen molar-refractivity contribution < 1.29 is 4.43 Å². The molecule has 2 heteroatoms. The Morgan fingerprint density at radius 1 is 0.955 bits per heavy atom. The van der Waals surface area contributed by atoms with Gasteiger partial charge in [-0.15, -0.1) is 13.2 Å². The van der Waals surface area contributed by atoms with Crippen LogP contribution in [0.2, 0.25) is 6.04 Å². The summed E-state index contributed by atoms with van der Waals surface area (Å²) >= 11 is 0. The van der Waals surface area contributed by atoms with E-state index in [0.717, 1.165) is 12.5 Å². The molecule has 1 fully saturated rings. The van der Waals surface area contributed by atoms with Crippen molar-refractivity contribution in [3.63, 3.8) is 0 Å². The number of hydrogen-bond acceptors (Lipinski definition) is 1. The van der Waals surface area contributed by atoms with Crippen molar-refractivity contribution in [2.75, 3.05) is 0 Å². The predicted octanol–water partition coefficient (Wildman–Crippen LogP) is 5.60. The average molecular weight is 306 g/mol. The Labute approximate surface area is 134 Å². The number of benzene rings is 2. The maximum Gasteiger partial charge on any atom is 0.241 e. The highest BCUT2D eigenvalue weighted by molar-refractivity contribution is 6.83. The molecule has 0 amide bonds. The maximum absolute atomic E-state index is 6.45. The summed E-state index contributed by atoms with van der Waals surface area (Å²) in [6, 6.07) is 20.3. The van der Waals surface area contributed by atoms with Crippen molar-refractivity contribution in [3.8, 4) is 11.1 Å². The smallest absolute Gasteiger partial charge is 0.241 e. The van der Waals surface area contributed by atoms with Crippen LogP contribution in [0.15, 0.2) is 79.2 Å². The summed E-state index contributed by atoms with van der Waals surface area (Å²) in [5, 5.41) is 0. The fourth-order valence-corrected chi connectivity index (χ4v) is 5.54. The Hall–Kier alpha value is -1.90. The zero-order valence-corrected chi connectivity index (χ0v) is 13.9. The first-order chi connectivity index (χ1) is 10.8. The van der Waals surface area contributed by atoms with Gasteiger partial charge in [-0.2, -0.15) is 0 Å². The first-order valence-corrected chi connectivity index (χ1v) is 10.1. The lowest BCUT2D eigenvalue weighted by molar-refractivity contribution is 0.169. The highest BCUT2D eigenvalue weighted by Gasteiger charge is 2.35. The quantitative estimate of drug-likeness (QED) is 0.668. The van der Waals surface area contributed by atoms with E-state index in [-0.39, 0.29) is 6.10 Å². The molecule has 22 heavy (non-hydrogen) atoms. The Bertz CT molecular complexity index is 654. The van der Waals surface area contributed by atoms with Crippen LogP contribution in [0.1, 0.15) is 24.5 Å². The minimum Gasteiger partial charge on any atom is -0.402 e. The predicted molar refractivity (Wildman–Crippen MR) is 95.9 cm³/mol. The largest absolute Gasteiger partial charge is 0.402 e. The van der Waals surface area contributed by atoms with Gasteiger partial charge < -0.3 is 4.43 Å². The van der Waals surface area contributed by atoms with Crippen molar-refractivity contribution in [2.45, 2.75) is 25.0 Å². The summed E-state index contributed by atoms with van der Waals surface area (Å²) in [7, 11) is -1.95. The van der Waals surface area contributed by atoms with Crippen LogP contribution in [0.5, 0.6) is 0 Å². The van der Waals surface area contributed by atoms with Gasteiger partial charge in [-0.1, -0.05) is 66.4 Å². The number of rotatable bonds is 4. The fraction of sp³-hybridized carbons (Fsp3) is 0.200. The molecule has 0 spiro atoms. The lowest BCUT2D eigenvalue weighted by atomic mass is 9.99. The molecule has 3 rings (SSSR count). The molecule has 1 nitrogen and oxygen atoms in total. The van der Waals surface area contributed by atoms with E-state index in [2.05, 4.69) is 61.7 Å². The van der Waals surface area contributed by atoms with Crippen LogP contribution in [0.3, 0.4) is 0 Å². The second-order valence-electron chi connectivity index (χ2n) is 5.85. The van der Waals surface area contributed by atoms with Crippen molar-refractivity contribution in [2.24, 2.45) is 0 Å². The highest BCUT2D eigenvalue weighted by Crippen LogP contribution is 2.37. The van der Waals surface area contributed by atoms with Gasteiger partial charge in [-0.05, 0) is 35.2 Å². The third-order valence-corrected chi connectivity index (χ3v) is 7.69. The van der Waals surface area contributed by atoms with Gasteiger partial charge in [-0.25, -0.2) is 0 Å². The van der Waals surface area contributed by atoms with Crippen molar-refractivity contribution in [1.82, 2.24) is 0 Å². The summed E-state index contributed by atoms with van der Waals surface area (Å²) in [6.07, 6.45) is 2.43. The molecule has 0 N–H and O–H groups in total. The Kier molecular flexibility index (Phi) is 4.41. The van der Waals surface area contributed by atoms with E-state index in [1.807, 2.05) is 17.5 Å². The third kappa shape index (κ3) is 2.98. The Balaban J connectivity index is 1.89. The minimum absolute atomic E-state index is 0.167. The molecule has 112 valence electrons. The zero-order chi connectivity index (χ0) is 15.4. The van der Waals surface area contributed by atoms with Crippen LogP contribution in [0, 0.1) is 0 Å². The molecule has 1 unspecified atom stereocenters. The topological polar surface area (TPSA) is 9.23 Å². The molecule has 1 atom stereocenters. The summed E-state index contributed by atoms with van der Waals surface area (Å²) in [6.45, 7) is 7.97. The molecule has 0 aromatic heterocycles. The third-order valence-electron chi connectivity index (χ3n) is 4.45. The maximum atomic E-state index is 6.45. The van der Waals surface area contributed by atoms with E-state index in [1.165, 1.54) is 23.1 Å². The van der Waals surface area contributed by atoms with Gasteiger partial charge in [-0.3, -0.25) is 0 Å². The van der Waals surface area contributed by atoms with E-state index in [4.69, 9.17) is 4.43 Å². The van der Waals surface area contributed by atoms with Crippen molar-refractivity contribution in [1.29, 1.82) is 0 Å². The van der Waals surface area contributed by atoms with Gasteiger partial charge in [0.2, 0.25) is 8.32 Å². The molecule has 1 aliphatic heterocycles. The molecule has 0 radical (unpaired) electrons. The lowest BCUT2D eigenvalue weighted by Gasteiger charge is -2.35. The molecular weight excluding hydrogens is 284 g/mol. The first kappa shape index (κ1) is 15.0. The van der Waals surface area contributed by atoms with Crippen LogP contribution in [0.4, 0.5) is 0 Å². The molecule has 0 bridgehead atoms. The molecule has 2 aromatic rings. The van der Waals surface area contributed by atoms with Gasteiger partial charge in [0, 0.05) is 0 Å². The summed E-state index contributed by atoms with van der Waals surface area (Å²) in [4.78, 5) is 0. The lowest BCUT2D eigenvalue weighted by Crippen LogP contribution is -2.38. The second kappa shape index (κ2) is 6.47. The normalized spacial score (nSPS) is 20.3. The summed E-state index contributed by atoms with van der Waals surface area (Å²) < 4.78 is 6.45. The van der Waals surface area contributed by atoms with Gasteiger partial charge in [0.15, 0.2) is 0 Å². The van der Waals surface area contributed by atoms with Crippen molar-refractivity contribution >= 4 is 8.32 Å². The molecule has 0 saturated carbocycles. The highest BCUT2D eigenvalue weighted by atomic mass is 28.4. The van der Waals surface area contributed by atoms with E-state index < -0.39 is 8.32 Å². The molecule has 1 aliphatic rings. The minimum atomic E-state index is -1.95. The molecule has 1 saturated heterocycles. The van der Waals surface area contributed by atoms with Crippen LogP contribution in [-0.2, 0) is 4.43 Å². The molecule has 2 aromatic carbocycles. The Morgan fingerprint density at radius 3 is 2.41 bits per heavy atom. The molecular formula is C20H22OSi. The zero-order valence-electron chi connectivity index (χ0n) is 12.9. The molecule has 1 heterocycles. The van der Waals surface area contributed by atoms with Crippen molar-refractivity contribution in [3.05, 3.63) is 84.7 Å². The fourth-order valence-electron chi connectivity index (χ4n) is 3.11. The second-order valence-corrected chi connectivity index (χ2v) is 9.32. The summed E-state index contributed by atoms with van der Waals surface area (Å²) in [5.41, 5.74) is 7.80. The SMILES string of the molecule is C=C[Si]1(C=C)CCCC(c2cccc(-c3ccccc3)c2)O1. The first-order valence-electron chi connectivity index (χ1n) is 7.87. The van der Waals surface area contributed by atoms with Gasteiger partial charge in [0.25, 0.3) is 0 Å². The molecule has 0 aliphatic carbocycles. The van der Waals surface area contributed by atoms with Gasteiger partial charge >= 0.3 is 0 Å². The van der Waals surface area contributed by atoms with Crippen LogP contribution in [0.25, 0.3) is 11.1 Å². The number of hydrogen-bond donors (Lipinski definition) is 0. The van der Waals surface area contributed by atoms with E-state index in [9.17, 15) is 0 Å². The van der Waals surface area contributed by atoms with E-state index in [0.29, 0.717) is 0 Å². The standard InChI is InChI=1S/C20H22OSi/c1-3-22(4-2)15-9-14-20(21-22)19-13-8-12-18(16-19)17-10-6-5-7-11-17/h3-8,10-13,16,20H,1-2,9,14-15H2. The summed E-state index contributed by atoms with van der Waals surface area (Å²) in [5.74, 6) is 0. The average Bonchev–Trinajstić information content (AvgIpc) is 2.62. The van der Waals surface area contributed by atoms with Gasteiger partial charge in [0.1, 0.15) is 0 Å². The Morgan fingerprint density at radius 2 is 1.68 bits per heavy atom. The van der Waals surface area contributed by atoms with Gasteiger partial charge in [0.05, 0.1) is 6.10 Å². The van der Waals surface area contributed by atoms with Crippen LogP contribution in [-0.4, -0.2) is 8.32 Å².